The number of aryl methyl sites for hydroxylation is 2. The number of unbranched alkanes of at least 4 members (excludes halogenated alkanes) is 8. The molecule has 0 N–H and O–H groups in total. The second kappa shape index (κ2) is 19.2. The maximum Gasteiger partial charge on any atom is 0.0227 e. The van der Waals surface area contributed by atoms with E-state index < -0.39 is 0 Å². The van der Waals surface area contributed by atoms with Crippen LogP contribution in [-0.4, -0.2) is 19.0 Å². The summed E-state index contributed by atoms with van der Waals surface area (Å²) in [6, 6.07) is 7.05. The third-order valence-corrected chi connectivity index (χ3v) is 7.04. The topological polar surface area (TPSA) is 3.24 Å². The summed E-state index contributed by atoms with van der Waals surface area (Å²) in [6.07, 6.45) is 23.4. The van der Waals surface area contributed by atoms with Crippen molar-refractivity contribution in [2.45, 2.75) is 136 Å². The minimum atomic E-state index is 1.00. The van der Waals surface area contributed by atoms with E-state index in [-0.39, 0.29) is 0 Å². The standard InChI is InChI=1S/C32H57N/c1-7-9-14-19-30(20-15-10-8-2)21-17-13-11-12-16-18-28(3)22-23-31-24-29(4)25-32(26-31)27-33(5)6/h24-26,30H,3,7-23,27H2,1-2,4-6H3. The van der Waals surface area contributed by atoms with Crippen molar-refractivity contribution < 1.29 is 0 Å². The molecule has 0 atom stereocenters. The van der Waals surface area contributed by atoms with Crippen LogP contribution in [-0.2, 0) is 13.0 Å². The third-order valence-electron chi connectivity index (χ3n) is 7.04. The highest BCUT2D eigenvalue weighted by atomic mass is 15.0. The molecule has 1 heteroatoms. The van der Waals surface area contributed by atoms with Crippen molar-refractivity contribution in [1.82, 2.24) is 4.90 Å². The molecule has 0 amide bonds. The number of rotatable bonds is 21. The fourth-order valence-corrected chi connectivity index (χ4v) is 5.13. The van der Waals surface area contributed by atoms with Crippen molar-refractivity contribution in [1.29, 1.82) is 0 Å². The molecular formula is C32H57N. The first-order valence-electron chi connectivity index (χ1n) is 14.3. The monoisotopic (exact) mass is 455 g/mol. The van der Waals surface area contributed by atoms with E-state index in [0.29, 0.717) is 0 Å². The second-order valence-corrected chi connectivity index (χ2v) is 11.0. The van der Waals surface area contributed by atoms with Gasteiger partial charge in [0.05, 0.1) is 0 Å². The molecule has 0 bridgehead atoms. The van der Waals surface area contributed by atoms with E-state index in [0.717, 1.165) is 25.3 Å². The lowest BCUT2D eigenvalue weighted by Crippen LogP contribution is -2.11. The van der Waals surface area contributed by atoms with Crippen LogP contribution >= 0.6 is 0 Å². The van der Waals surface area contributed by atoms with Gasteiger partial charge in [0.2, 0.25) is 0 Å². The van der Waals surface area contributed by atoms with Crippen LogP contribution in [0.25, 0.3) is 0 Å². The Hall–Kier alpha value is -1.08. The fourth-order valence-electron chi connectivity index (χ4n) is 5.13. The highest BCUT2D eigenvalue weighted by molar-refractivity contribution is 5.30. The lowest BCUT2D eigenvalue weighted by atomic mass is 9.90. The highest BCUT2D eigenvalue weighted by Gasteiger charge is 2.08. The Labute approximate surface area is 208 Å². The van der Waals surface area contributed by atoms with Crippen molar-refractivity contribution in [3.8, 4) is 0 Å². The first kappa shape index (κ1) is 30.0. The molecule has 0 aliphatic heterocycles. The Morgan fingerprint density at radius 3 is 1.88 bits per heavy atom. The van der Waals surface area contributed by atoms with Gasteiger partial charge in [-0.1, -0.05) is 133 Å². The molecule has 0 aliphatic rings. The van der Waals surface area contributed by atoms with Crippen LogP contribution in [0, 0.1) is 12.8 Å². The molecular weight excluding hydrogens is 398 g/mol. The number of hydrogen-bond acceptors (Lipinski definition) is 1. The van der Waals surface area contributed by atoms with Gasteiger partial charge < -0.3 is 4.90 Å². The number of hydrogen-bond donors (Lipinski definition) is 0. The van der Waals surface area contributed by atoms with Crippen LogP contribution < -0.4 is 0 Å². The molecule has 1 aromatic rings. The zero-order valence-electron chi connectivity index (χ0n) is 23.2. The Balaban J connectivity index is 2.16. The molecule has 0 unspecified atom stereocenters. The minimum Gasteiger partial charge on any atom is -0.305 e. The summed E-state index contributed by atoms with van der Waals surface area (Å²) in [5.41, 5.74) is 5.73. The van der Waals surface area contributed by atoms with Gasteiger partial charge in [-0.3, -0.25) is 0 Å². The van der Waals surface area contributed by atoms with Gasteiger partial charge in [0, 0.05) is 6.54 Å². The first-order chi connectivity index (χ1) is 15.9. The van der Waals surface area contributed by atoms with Crippen molar-refractivity contribution in [2.75, 3.05) is 14.1 Å². The Bertz CT molecular complexity index is 605. The Kier molecular flexibility index (Phi) is 17.5. The molecule has 0 aromatic heterocycles. The summed E-state index contributed by atoms with van der Waals surface area (Å²) in [5, 5.41) is 0. The number of benzene rings is 1. The highest BCUT2D eigenvalue weighted by Crippen LogP contribution is 2.24. The summed E-state index contributed by atoms with van der Waals surface area (Å²) in [4.78, 5) is 2.25. The van der Waals surface area contributed by atoms with Crippen LogP contribution in [0.5, 0.6) is 0 Å². The summed E-state index contributed by atoms with van der Waals surface area (Å²) in [7, 11) is 4.28. The summed E-state index contributed by atoms with van der Waals surface area (Å²) in [5.74, 6) is 1.00. The van der Waals surface area contributed by atoms with Gasteiger partial charge in [0.15, 0.2) is 0 Å². The maximum atomic E-state index is 4.38. The molecule has 0 spiro atoms. The normalized spacial score (nSPS) is 11.6. The molecule has 1 aromatic carbocycles. The largest absolute Gasteiger partial charge is 0.305 e. The summed E-state index contributed by atoms with van der Waals surface area (Å²) < 4.78 is 0. The molecule has 190 valence electrons. The lowest BCUT2D eigenvalue weighted by Gasteiger charge is -2.16. The predicted octanol–water partition coefficient (Wildman–Crippen LogP) is 10.1. The van der Waals surface area contributed by atoms with Gasteiger partial charge in [-0.2, -0.15) is 0 Å². The molecule has 0 saturated carbocycles. The van der Waals surface area contributed by atoms with E-state index in [1.165, 1.54) is 119 Å². The van der Waals surface area contributed by atoms with Gasteiger partial charge in [0.1, 0.15) is 0 Å². The molecule has 0 fully saturated rings. The predicted molar refractivity (Wildman–Crippen MR) is 150 cm³/mol. The molecule has 33 heavy (non-hydrogen) atoms. The van der Waals surface area contributed by atoms with Gasteiger partial charge in [0.25, 0.3) is 0 Å². The third kappa shape index (κ3) is 16.2. The van der Waals surface area contributed by atoms with Crippen molar-refractivity contribution in [2.24, 2.45) is 5.92 Å². The molecule has 0 saturated heterocycles. The molecule has 0 aliphatic carbocycles. The second-order valence-electron chi connectivity index (χ2n) is 11.0. The smallest absolute Gasteiger partial charge is 0.0227 e. The fraction of sp³-hybridized carbons (Fsp3) is 0.750. The van der Waals surface area contributed by atoms with Crippen molar-refractivity contribution >= 4 is 0 Å². The molecule has 1 rings (SSSR count). The zero-order chi connectivity index (χ0) is 24.3. The van der Waals surface area contributed by atoms with Crippen molar-refractivity contribution in [3.63, 3.8) is 0 Å². The van der Waals surface area contributed by atoms with Crippen LogP contribution in [0.1, 0.15) is 133 Å². The first-order valence-corrected chi connectivity index (χ1v) is 14.3. The average Bonchev–Trinajstić information content (AvgIpc) is 2.76. The van der Waals surface area contributed by atoms with E-state index in [2.05, 4.69) is 64.5 Å². The van der Waals surface area contributed by atoms with Crippen LogP contribution in [0.2, 0.25) is 0 Å². The molecule has 1 nitrogen and oxygen atoms in total. The van der Waals surface area contributed by atoms with Gasteiger partial charge in [-0.25, -0.2) is 0 Å². The van der Waals surface area contributed by atoms with Gasteiger partial charge in [-0.05, 0) is 63.7 Å². The maximum absolute atomic E-state index is 4.38. The molecule has 0 heterocycles. The van der Waals surface area contributed by atoms with E-state index in [1.807, 2.05) is 0 Å². The van der Waals surface area contributed by atoms with E-state index >= 15 is 0 Å². The summed E-state index contributed by atoms with van der Waals surface area (Å²) in [6.45, 7) is 12.3. The van der Waals surface area contributed by atoms with Gasteiger partial charge >= 0.3 is 0 Å². The van der Waals surface area contributed by atoms with Gasteiger partial charge in [-0.15, -0.1) is 0 Å². The number of allylic oxidation sites excluding steroid dienone is 1. The zero-order valence-corrected chi connectivity index (χ0v) is 23.2. The average molecular weight is 456 g/mol. The Morgan fingerprint density at radius 1 is 0.727 bits per heavy atom. The van der Waals surface area contributed by atoms with Crippen LogP contribution in [0.3, 0.4) is 0 Å². The molecule has 0 radical (unpaired) electrons. The van der Waals surface area contributed by atoms with E-state index in [1.54, 1.807) is 0 Å². The Morgan fingerprint density at radius 2 is 1.27 bits per heavy atom. The van der Waals surface area contributed by atoms with Crippen LogP contribution in [0.15, 0.2) is 30.4 Å². The van der Waals surface area contributed by atoms with E-state index in [9.17, 15) is 0 Å². The quantitative estimate of drug-likeness (QED) is 0.132. The number of nitrogens with zero attached hydrogens (tertiary/aromatic N) is 1. The van der Waals surface area contributed by atoms with Crippen LogP contribution in [0.4, 0.5) is 0 Å². The summed E-state index contributed by atoms with van der Waals surface area (Å²) >= 11 is 0. The minimum absolute atomic E-state index is 1.00. The van der Waals surface area contributed by atoms with E-state index in [4.69, 9.17) is 0 Å². The SMILES string of the molecule is C=C(CCCCCCCC(CCCCC)CCCCC)CCc1cc(C)cc(CN(C)C)c1. The van der Waals surface area contributed by atoms with Crippen molar-refractivity contribution in [3.05, 3.63) is 47.0 Å². The lowest BCUT2D eigenvalue weighted by molar-refractivity contribution is 0.370.